The molecule has 0 aliphatic heterocycles. The first-order valence-corrected chi connectivity index (χ1v) is 6.05. The average molecular weight is 272 g/mol. The molecular weight excluding hydrogens is 256 g/mol. The lowest BCUT2D eigenvalue weighted by Crippen LogP contribution is -2.03. The molecule has 2 aromatic carbocycles. The highest BCUT2D eigenvalue weighted by atomic mass is 16.5. The molecule has 0 saturated heterocycles. The van der Waals surface area contributed by atoms with Crippen LogP contribution in [0.2, 0.25) is 0 Å². The molecule has 2 rings (SSSR count). The molecule has 0 aliphatic carbocycles. The van der Waals surface area contributed by atoms with E-state index in [0.717, 1.165) is 5.56 Å². The summed E-state index contributed by atoms with van der Waals surface area (Å²) in [6.45, 7) is 0.328. The van der Waals surface area contributed by atoms with E-state index in [-0.39, 0.29) is 5.97 Å². The van der Waals surface area contributed by atoms with E-state index in [2.05, 4.69) is 4.74 Å². The number of nitrogens with two attached hydrogens (primary N) is 2. The zero-order valence-electron chi connectivity index (χ0n) is 11.1. The van der Waals surface area contributed by atoms with Gasteiger partial charge < -0.3 is 20.9 Å². The van der Waals surface area contributed by atoms with Crippen molar-refractivity contribution in [3.63, 3.8) is 0 Å². The lowest BCUT2D eigenvalue weighted by molar-refractivity contribution is 0.0600. The van der Waals surface area contributed by atoms with Gasteiger partial charge in [-0.2, -0.15) is 0 Å². The van der Waals surface area contributed by atoms with Crippen LogP contribution >= 0.6 is 0 Å². The molecule has 104 valence electrons. The van der Waals surface area contributed by atoms with E-state index in [1.54, 1.807) is 36.4 Å². The summed E-state index contributed by atoms with van der Waals surface area (Å²) in [4.78, 5) is 11.4. The van der Waals surface area contributed by atoms with E-state index >= 15 is 0 Å². The number of anilines is 2. The summed E-state index contributed by atoms with van der Waals surface area (Å²) < 4.78 is 10.3. The van der Waals surface area contributed by atoms with Crippen LogP contribution < -0.4 is 16.2 Å². The minimum absolute atomic E-state index is 0.328. The van der Waals surface area contributed by atoms with Gasteiger partial charge in [-0.15, -0.1) is 0 Å². The third-order valence-corrected chi connectivity index (χ3v) is 2.81. The predicted molar refractivity (Wildman–Crippen MR) is 77.4 cm³/mol. The largest absolute Gasteiger partial charge is 0.489 e. The SMILES string of the molecule is COC(=O)c1cccc(COc2ccc(N)c(N)c2)c1. The Kier molecular flexibility index (Phi) is 4.10. The molecule has 5 heteroatoms. The maximum absolute atomic E-state index is 11.4. The number of benzene rings is 2. The number of hydrogen-bond acceptors (Lipinski definition) is 5. The second kappa shape index (κ2) is 5.97. The van der Waals surface area contributed by atoms with Gasteiger partial charge in [0.05, 0.1) is 24.0 Å². The molecule has 0 heterocycles. The van der Waals surface area contributed by atoms with Crippen molar-refractivity contribution in [3.05, 3.63) is 53.6 Å². The van der Waals surface area contributed by atoms with Crippen molar-refractivity contribution in [2.45, 2.75) is 6.61 Å². The molecule has 20 heavy (non-hydrogen) atoms. The topological polar surface area (TPSA) is 87.6 Å². The normalized spacial score (nSPS) is 10.1. The summed E-state index contributed by atoms with van der Waals surface area (Å²) in [6.07, 6.45) is 0. The molecule has 0 aliphatic rings. The second-order valence-electron chi connectivity index (χ2n) is 4.27. The third kappa shape index (κ3) is 3.20. The van der Waals surface area contributed by atoms with Crippen LogP contribution in [0.4, 0.5) is 11.4 Å². The molecule has 0 saturated carbocycles. The zero-order chi connectivity index (χ0) is 14.5. The van der Waals surface area contributed by atoms with Gasteiger partial charge >= 0.3 is 5.97 Å². The van der Waals surface area contributed by atoms with Gasteiger partial charge in [-0.1, -0.05) is 12.1 Å². The van der Waals surface area contributed by atoms with Gasteiger partial charge in [0, 0.05) is 6.07 Å². The number of carbonyl (C=O) groups is 1. The smallest absolute Gasteiger partial charge is 0.337 e. The summed E-state index contributed by atoms with van der Waals surface area (Å²) in [5.74, 6) is 0.253. The number of ether oxygens (including phenoxy) is 2. The van der Waals surface area contributed by atoms with E-state index in [9.17, 15) is 4.79 Å². The molecule has 0 amide bonds. The Bertz CT molecular complexity index is 626. The maximum atomic E-state index is 11.4. The molecule has 5 nitrogen and oxygen atoms in total. The highest BCUT2D eigenvalue weighted by molar-refractivity contribution is 5.89. The van der Waals surface area contributed by atoms with E-state index < -0.39 is 0 Å². The standard InChI is InChI=1S/C15H16N2O3/c1-19-15(18)11-4-2-3-10(7-11)9-20-12-5-6-13(16)14(17)8-12/h2-8H,9,16-17H2,1H3. The Morgan fingerprint density at radius 3 is 2.60 bits per heavy atom. The first-order chi connectivity index (χ1) is 9.60. The van der Waals surface area contributed by atoms with E-state index in [0.29, 0.717) is 29.3 Å². The van der Waals surface area contributed by atoms with Gasteiger partial charge in [-0.05, 0) is 29.8 Å². The molecule has 0 aromatic heterocycles. The number of rotatable bonds is 4. The molecule has 2 aromatic rings. The summed E-state index contributed by atoms with van der Waals surface area (Å²) in [6, 6.07) is 12.2. The number of hydrogen-bond donors (Lipinski definition) is 2. The Morgan fingerprint density at radius 1 is 1.10 bits per heavy atom. The molecule has 4 N–H and O–H groups in total. The minimum atomic E-state index is -0.372. The van der Waals surface area contributed by atoms with Crippen molar-refractivity contribution in [3.8, 4) is 5.75 Å². The van der Waals surface area contributed by atoms with Crippen molar-refractivity contribution in [1.29, 1.82) is 0 Å². The van der Waals surface area contributed by atoms with Gasteiger partial charge in [0.2, 0.25) is 0 Å². The van der Waals surface area contributed by atoms with Gasteiger partial charge in [-0.3, -0.25) is 0 Å². The van der Waals surface area contributed by atoms with Crippen molar-refractivity contribution in [2.24, 2.45) is 0 Å². The Morgan fingerprint density at radius 2 is 1.90 bits per heavy atom. The predicted octanol–water partition coefficient (Wildman–Crippen LogP) is 2.22. The Balaban J connectivity index is 2.07. The summed E-state index contributed by atoms with van der Waals surface area (Å²) in [7, 11) is 1.35. The number of carbonyl (C=O) groups excluding carboxylic acids is 1. The highest BCUT2D eigenvalue weighted by Gasteiger charge is 2.06. The highest BCUT2D eigenvalue weighted by Crippen LogP contribution is 2.22. The fourth-order valence-corrected chi connectivity index (χ4v) is 1.72. The fraction of sp³-hybridized carbons (Fsp3) is 0.133. The first-order valence-electron chi connectivity index (χ1n) is 6.05. The minimum Gasteiger partial charge on any atom is -0.489 e. The Hall–Kier alpha value is -2.69. The van der Waals surface area contributed by atoms with Crippen LogP contribution in [0.1, 0.15) is 15.9 Å². The van der Waals surface area contributed by atoms with Crippen LogP contribution in [-0.4, -0.2) is 13.1 Å². The quantitative estimate of drug-likeness (QED) is 0.658. The number of esters is 1. The van der Waals surface area contributed by atoms with Crippen molar-refractivity contribution in [2.75, 3.05) is 18.6 Å². The summed E-state index contributed by atoms with van der Waals surface area (Å²) in [5.41, 5.74) is 13.7. The summed E-state index contributed by atoms with van der Waals surface area (Å²) >= 11 is 0. The van der Waals surface area contributed by atoms with E-state index in [4.69, 9.17) is 16.2 Å². The third-order valence-electron chi connectivity index (χ3n) is 2.81. The van der Waals surface area contributed by atoms with E-state index in [1.807, 2.05) is 6.07 Å². The Labute approximate surface area is 117 Å². The lowest BCUT2D eigenvalue weighted by Gasteiger charge is -2.09. The summed E-state index contributed by atoms with van der Waals surface area (Å²) in [5, 5.41) is 0. The fourth-order valence-electron chi connectivity index (χ4n) is 1.72. The lowest BCUT2D eigenvalue weighted by atomic mass is 10.1. The van der Waals surface area contributed by atoms with Crippen LogP contribution in [0.15, 0.2) is 42.5 Å². The molecule has 0 unspecified atom stereocenters. The first kappa shape index (κ1) is 13.7. The van der Waals surface area contributed by atoms with E-state index in [1.165, 1.54) is 7.11 Å². The molecule has 0 atom stereocenters. The van der Waals surface area contributed by atoms with Gasteiger partial charge in [0.15, 0.2) is 0 Å². The number of methoxy groups -OCH3 is 1. The molecule has 0 spiro atoms. The van der Waals surface area contributed by atoms with Crippen LogP contribution in [-0.2, 0) is 11.3 Å². The van der Waals surface area contributed by atoms with Crippen molar-refractivity contribution >= 4 is 17.3 Å². The molecule has 0 bridgehead atoms. The van der Waals surface area contributed by atoms with Gasteiger partial charge in [0.25, 0.3) is 0 Å². The van der Waals surface area contributed by atoms with Crippen molar-refractivity contribution < 1.29 is 14.3 Å². The van der Waals surface area contributed by atoms with Crippen molar-refractivity contribution in [1.82, 2.24) is 0 Å². The number of nitrogen functional groups attached to an aromatic ring is 2. The molecule has 0 fully saturated rings. The maximum Gasteiger partial charge on any atom is 0.337 e. The van der Waals surface area contributed by atoms with Crippen LogP contribution in [0.3, 0.4) is 0 Å². The van der Waals surface area contributed by atoms with Crippen LogP contribution in [0, 0.1) is 0 Å². The van der Waals surface area contributed by atoms with Gasteiger partial charge in [-0.25, -0.2) is 4.79 Å². The second-order valence-corrected chi connectivity index (χ2v) is 4.27. The van der Waals surface area contributed by atoms with Crippen LogP contribution in [0.5, 0.6) is 5.75 Å². The monoisotopic (exact) mass is 272 g/mol. The molecule has 0 radical (unpaired) electrons. The van der Waals surface area contributed by atoms with Crippen LogP contribution in [0.25, 0.3) is 0 Å². The van der Waals surface area contributed by atoms with Gasteiger partial charge in [0.1, 0.15) is 12.4 Å². The average Bonchev–Trinajstić information content (AvgIpc) is 2.48. The molecular formula is C15H16N2O3. The zero-order valence-corrected chi connectivity index (χ0v) is 11.1.